The van der Waals surface area contributed by atoms with Crippen LogP contribution in [0.4, 0.5) is 11.4 Å². The van der Waals surface area contributed by atoms with Gasteiger partial charge in [-0.1, -0.05) is 224 Å². The van der Waals surface area contributed by atoms with Gasteiger partial charge in [0.1, 0.15) is 0 Å². The summed E-state index contributed by atoms with van der Waals surface area (Å²) in [6.07, 6.45) is 4.38. The molecule has 0 aromatic heterocycles. The van der Waals surface area contributed by atoms with E-state index in [4.69, 9.17) is 0 Å². The Balaban J connectivity index is 1.29. The molecule has 9 aromatic carbocycles. The molecule has 10 rings (SSSR count). The van der Waals surface area contributed by atoms with Gasteiger partial charge >= 0.3 is 6.65 Å². The molecule has 1 fully saturated rings. The molecule has 1 heterocycles. The van der Waals surface area contributed by atoms with Gasteiger partial charge in [0.25, 0.3) is 0 Å². The number of rotatable bonds is 12. The first-order chi connectivity index (χ1) is 32.9. The molecule has 0 bridgehead atoms. The Bertz CT molecular complexity index is 2860. The molecule has 0 spiro atoms. The highest BCUT2D eigenvalue weighted by Gasteiger charge is 2.55. The van der Waals surface area contributed by atoms with Crippen LogP contribution >= 0.6 is 18.0 Å². The lowest BCUT2D eigenvalue weighted by Gasteiger charge is -2.38. The van der Waals surface area contributed by atoms with Crippen molar-refractivity contribution in [2.45, 2.75) is 38.1 Å². The Kier molecular flexibility index (Phi) is 12.7. The fraction of sp³-hybridized carbons (Fsp3) is 0.0968. The van der Waals surface area contributed by atoms with E-state index >= 15 is 4.57 Å². The molecule has 1 saturated heterocycles. The molecule has 5 heteroatoms. The lowest BCUT2D eigenvalue weighted by atomic mass is 9.90. The van der Waals surface area contributed by atoms with Crippen LogP contribution < -0.4 is 9.34 Å². The van der Waals surface area contributed by atoms with Crippen molar-refractivity contribution in [3.8, 4) is 66.8 Å². The average molecular weight is 905 g/mol. The molecule has 328 valence electrons. The van der Waals surface area contributed by atoms with E-state index in [1.54, 1.807) is 11.4 Å². The van der Waals surface area contributed by atoms with Crippen molar-refractivity contribution in [1.82, 2.24) is 0 Å². The van der Waals surface area contributed by atoms with Crippen molar-refractivity contribution in [2.75, 3.05) is 9.34 Å². The van der Waals surface area contributed by atoms with Gasteiger partial charge in [-0.2, -0.15) is 0 Å². The summed E-state index contributed by atoms with van der Waals surface area (Å²) in [4.78, 5) is 0. The van der Waals surface area contributed by atoms with Crippen molar-refractivity contribution >= 4 is 35.5 Å². The molecule has 9 aromatic rings. The maximum absolute atomic E-state index is 17.9. The summed E-state index contributed by atoms with van der Waals surface area (Å²) in [5, 5.41) is -0.138. The Labute approximate surface area is 400 Å². The minimum absolute atomic E-state index is 0.138. The van der Waals surface area contributed by atoms with Crippen LogP contribution in [0, 0.1) is 0 Å². The number of benzene rings is 9. The van der Waals surface area contributed by atoms with E-state index in [0.29, 0.717) is 0 Å². The number of nitrogens with zero attached hydrogens (tertiary/aromatic N) is 2. The molecule has 3 unspecified atom stereocenters. The van der Waals surface area contributed by atoms with Crippen LogP contribution in [-0.4, -0.2) is 17.3 Å². The smallest absolute Gasteiger partial charge is 0.293 e. The summed E-state index contributed by atoms with van der Waals surface area (Å²) in [5.41, 5.74) is 16.0. The Morgan fingerprint density at radius 2 is 0.672 bits per heavy atom. The first-order valence-electron chi connectivity index (χ1n) is 23.2. The van der Waals surface area contributed by atoms with E-state index in [9.17, 15) is 0 Å². The number of hydrogen-bond donors (Lipinski definition) is 0. The van der Waals surface area contributed by atoms with Gasteiger partial charge in [0.05, 0.1) is 23.5 Å². The van der Waals surface area contributed by atoms with Gasteiger partial charge < -0.3 is 0 Å². The van der Waals surface area contributed by atoms with Crippen LogP contribution in [-0.2, 0) is 4.57 Å². The molecular weight excluding hydrogens is 852 g/mol. The summed E-state index contributed by atoms with van der Waals surface area (Å²) in [6.45, 7) is 2.99. The van der Waals surface area contributed by atoms with Crippen LogP contribution in [0.15, 0.2) is 243 Å². The van der Waals surface area contributed by atoms with Gasteiger partial charge in [-0.3, -0.25) is 13.9 Å². The third-order valence-electron chi connectivity index (χ3n) is 12.9. The molecule has 1 aliphatic heterocycles. The highest BCUT2D eigenvalue weighted by molar-refractivity contribution is 8.59. The first kappa shape index (κ1) is 43.8. The van der Waals surface area contributed by atoms with Crippen LogP contribution in [0.1, 0.15) is 26.3 Å². The van der Waals surface area contributed by atoms with Crippen molar-refractivity contribution in [2.24, 2.45) is 0 Å². The molecular formula is C62H53N2OPS. The average Bonchev–Trinajstić information content (AvgIpc) is 3.58. The fourth-order valence-electron chi connectivity index (χ4n) is 9.51. The van der Waals surface area contributed by atoms with Crippen molar-refractivity contribution in [3.05, 3.63) is 248 Å². The lowest BCUT2D eigenvalue weighted by molar-refractivity contribution is 0.584. The molecule has 0 aliphatic carbocycles. The van der Waals surface area contributed by atoms with Gasteiger partial charge in [0.2, 0.25) is 0 Å². The van der Waals surface area contributed by atoms with Gasteiger partial charge in [-0.05, 0) is 106 Å². The largest absolute Gasteiger partial charge is 0.320 e. The number of anilines is 2. The molecule has 0 radical (unpaired) electrons. The molecule has 67 heavy (non-hydrogen) atoms. The second kappa shape index (κ2) is 19.4. The summed E-state index contributed by atoms with van der Waals surface area (Å²) in [7, 11) is 0. The predicted octanol–water partition coefficient (Wildman–Crippen LogP) is 17.7. The van der Waals surface area contributed by atoms with Crippen LogP contribution in [0.25, 0.3) is 72.8 Å². The number of hydrogen-bond acceptors (Lipinski definition) is 2. The van der Waals surface area contributed by atoms with E-state index in [-0.39, 0.29) is 17.3 Å². The SMILES string of the molecule is CC(/C=C/c1ccccc1)SP1(=O)N(c2c(-c3ccccc3)cc(-c3ccccc3)cc2-c2ccccc2)C(C)C(C)N1c1c(-c2ccccc2)cc(-c2ccccc2)cc1-c1ccccc1. The van der Waals surface area contributed by atoms with Gasteiger partial charge in [0, 0.05) is 27.5 Å². The highest BCUT2D eigenvalue weighted by Crippen LogP contribution is 2.76. The fourth-order valence-corrected chi connectivity index (χ4v) is 16.2. The zero-order valence-electron chi connectivity index (χ0n) is 38.1. The third-order valence-corrected chi connectivity index (χ3v) is 18.8. The summed E-state index contributed by atoms with van der Waals surface area (Å²) < 4.78 is 22.6. The Hall–Kier alpha value is -7.10. The highest BCUT2D eigenvalue weighted by atomic mass is 32.7. The molecule has 3 nitrogen and oxygen atoms in total. The van der Waals surface area contributed by atoms with E-state index in [1.807, 2.05) is 6.07 Å². The molecule has 0 N–H and O–H groups in total. The molecule has 3 atom stereocenters. The zero-order chi connectivity index (χ0) is 45.7. The van der Waals surface area contributed by atoms with Crippen LogP contribution in [0.5, 0.6) is 0 Å². The summed E-state index contributed by atoms with van der Waals surface area (Å²) in [6, 6.07) is 83.2. The monoisotopic (exact) mass is 904 g/mol. The predicted molar refractivity (Wildman–Crippen MR) is 290 cm³/mol. The third kappa shape index (κ3) is 8.84. The van der Waals surface area contributed by atoms with Crippen LogP contribution in [0.3, 0.4) is 0 Å². The van der Waals surface area contributed by atoms with Gasteiger partial charge in [-0.15, -0.1) is 0 Å². The quantitative estimate of drug-likeness (QED) is 0.114. The van der Waals surface area contributed by atoms with E-state index in [0.717, 1.165) is 83.7 Å². The Morgan fingerprint density at radius 3 is 0.970 bits per heavy atom. The minimum Gasteiger partial charge on any atom is -0.293 e. The van der Waals surface area contributed by atoms with E-state index < -0.39 is 6.65 Å². The molecule has 0 saturated carbocycles. The molecule has 0 amide bonds. The van der Waals surface area contributed by atoms with Crippen molar-refractivity contribution in [3.63, 3.8) is 0 Å². The topological polar surface area (TPSA) is 23.6 Å². The molecule has 1 aliphatic rings. The minimum atomic E-state index is -3.76. The second-order valence-corrected chi connectivity index (χ2v) is 22.1. The second-order valence-electron chi connectivity index (χ2n) is 17.3. The van der Waals surface area contributed by atoms with Crippen molar-refractivity contribution < 1.29 is 4.57 Å². The lowest BCUT2D eigenvalue weighted by Crippen LogP contribution is -2.33. The summed E-state index contributed by atoms with van der Waals surface area (Å²) in [5.74, 6) is 0. The summed E-state index contributed by atoms with van der Waals surface area (Å²) >= 11 is 1.58. The first-order valence-corrected chi connectivity index (χ1v) is 26.3. The maximum atomic E-state index is 17.9. The van der Waals surface area contributed by atoms with Gasteiger partial charge in [-0.25, -0.2) is 0 Å². The Morgan fingerprint density at radius 1 is 0.403 bits per heavy atom. The zero-order valence-corrected chi connectivity index (χ0v) is 39.8. The normalized spacial score (nSPS) is 17.5. The maximum Gasteiger partial charge on any atom is 0.320 e. The van der Waals surface area contributed by atoms with Gasteiger partial charge in [0.15, 0.2) is 0 Å². The van der Waals surface area contributed by atoms with E-state index in [1.165, 1.54) is 0 Å². The van der Waals surface area contributed by atoms with E-state index in [2.05, 4.69) is 273 Å². The van der Waals surface area contributed by atoms with Crippen LogP contribution in [0.2, 0.25) is 0 Å². The van der Waals surface area contributed by atoms with Crippen molar-refractivity contribution in [1.29, 1.82) is 0 Å². The standard InChI is InChI=1S/C62H53N2OPS/c1-45(39-40-48-25-11-4-12-26-48)67-66(65)63(61-57(51-31-17-7-18-32-51)41-55(49-27-13-5-14-28-49)42-58(61)52-33-19-8-20-34-52)46(2)47(3)64(66)62-59(53-35-21-9-22-36-53)43-56(50-29-15-6-16-30-50)44-60(62)54-37-23-10-24-38-54/h4-47H,1-3H3/b40-39+.